The van der Waals surface area contributed by atoms with Crippen LogP contribution in [0.1, 0.15) is 11.5 Å². The molecule has 10 heavy (non-hydrogen) atoms. The highest BCUT2D eigenvalue weighted by Gasteiger charge is 2.14. The van der Waals surface area contributed by atoms with Crippen molar-refractivity contribution in [2.45, 2.75) is 13.5 Å². The SMILES string of the molecule is Cc1oc(CO)c(O)c1O. The lowest BCUT2D eigenvalue weighted by molar-refractivity contribution is 0.237. The van der Waals surface area contributed by atoms with E-state index in [-0.39, 0.29) is 23.0 Å². The minimum Gasteiger partial charge on any atom is -0.502 e. The van der Waals surface area contributed by atoms with E-state index in [4.69, 9.17) is 19.7 Å². The molecule has 0 aliphatic heterocycles. The van der Waals surface area contributed by atoms with Gasteiger partial charge in [-0.3, -0.25) is 0 Å². The molecular weight excluding hydrogens is 136 g/mol. The van der Waals surface area contributed by atoms with Gasteiger partial charge in [0.25, 0.3) is 0 Å². The minimum atomic E-state index is -0.409. The van der Waals surface area contributed by atoms with Crippen molar-refractivity contribution in [1.82, 2.24) is 0 Å². The van der Waals surface area contributed by atoms with Crippen LogP contribution in [-0.4, -0.2) is 15.3 Å². The third-order valence-corrected chi connectivity index (χ3v) is 1.24. The zero-order chi connectivity index (χ0) is 7.72. The fourth-order valence-electron chi connectivity index (χ4n) is 0.687. The number of aliphatic hydroxyl groups excluding tert-OH is 1. The van der Waals surface area contributed by atoms with Gasteiger partial charge in [-0.15, -0.1) is 0 Å². The molecular formula is C6H8O4. The maximum absolute atomic E-state index is 8.91. The third-order valence-electron chi connectivity index (χ3n) is 1.24. The number of aliphatic hydroxyl groups is 1. The summed E-state index contributed by atoms with van der Waals surface area (Å²) in [6, 6.07) is 0. The maximum Gasteiger partial charge on any atom is 0.202 e. The fraction of sp³-hybridized carbons (Fsp3) is 0.333. The Labute approximate surface area is 57.3 Å². The summed E-state index contributed by atoms with van der Waals surface area (Å²) in [6.45, 7) is 1.08. The summed E-state index contributed by atoms with van der Waals surface area (Å²) >= 11 is 0. The van der Waals surface area contributed by atoms with E-state index in [0.717, 1.165) is 0 Å². The average molecular weight is 144 g/mol. The van der Waals surface area contributed by atoms with Crippen LogP contribution in [0.25, 0.3) is 0 Å². The van der Waals surface area contributed by atoms with Crippen LogP contribution in [0.4, 0.5) is 0 Å². The number of furan rings is 1. The molecule has 0 spiro atoms. The molecule has 0 amide bonds. The first kappa shape index (κ1) is 6.95. The molecule has 0 aromatic carbocycles. The Bertz CT molecular complexity index is 238. The van der Waals surface area contributed by atoms with Crippen molar-refractivity contribution in [3.05, 3.63) is 11.5 Å². The Balaban J connectivity index is 3.17. The van der Waals surface area contributed by atoms with Gasteiger partial charge in [-0.1, -0.05) is 0 Å². The molecule has 4 heteroatoms. The van der Waals surface area contributed by atoms with Gasteiger partial charge in [0.2, 0.25) is 5.75 Å². The Morgan fingerprint density at radius 1 is 1.30 bits per heavy atom. The Kier molecular flexibility index (Phi) is 1.55. The summed E-state index contributed by atoms with van der Waals surface area (Å²) in [7, 11) is 0. The Morgan fingerprint density at radius 3 is 2.10 bits per heavy atom. The van der Waals surface area contributed by atoms with Gasteiger partial charge in [-0.05, 0) is 6.92 Å². The summed E-state index contributed by atoms with van der Waals surface area (Å²) in [4.78, 5) is 0. The number of hydrogen-bond acceptors (Lipinski definition) is 4. The van der Waals surface area contributed by atoms with Gasteiger partial charge in [0.1, 0.15) is 12.4 Å². The highest BCUT2D eigenvalue weighted by atomic mass is 16.4. The van der Waals surface area contributed by atoms with Gasteiger partial charge in [-0.2, -0.15) is 0 Å². The molecule has 0 bridgehead atoms. The van der Waals surface area contributed by atoms with Crippen LogP contribution in [0.5, 0.6) is 11.5 Å². The first-order chi connectivity index (χ1) is 4.66. The number of aromatic hydroxyl groups is 2. The van der Waals surface area contributed by atoms with E-state index < -0.39 is 6.61 Å². The normalized spacial score (nSPS) is 10.2. The molecule has 0 saturated carbocycles. The van der Waals surface area contributed by atoms with E-state index in [2.05, 4.69) is 0 Å². The second kappa shape index (κ2) is 2.22. The molecule has 1 heterocycles. The molecule has 0 unspecified atom stereocenters. The van der Waals surface area contributed by atoms with Gasteiger partial charge in [0.15, 0.2) is 11.5 Å². The minimum absolute atomic E-state index is 0.00463. The summed E-state index contributed by atoms with van der Waals surface area (Å²) in [5.41, 5.74) is 0. The van der Waals surface area contributed by atoms with E-state index in [1.165, 1.54) is 6.92 Å². The van der Waals surface area contributed by atoms with Crippen LogP contribution >= 0.6 is 0 Å². The monoisotopic (exact) mass is 144 g/mol. The van der Waals surface area contributed by atoms with Gasteiger partial charge in [0, 0.05) is 0 Å². The predicted molar refractivity (Wildman–Crippen MR) is 32.7 cm³/mol. The highest BCUT2D eigenvalue weighted by Crippen LogP contribution is 2.34. The zero-order valence-electron chi connectivity index (χ0n) is 5.46. The molecule has 0 aliphatic rings. The molecule has 3 N–H and O–H groups in total. The smallest absolute Gasteiger partial charge is 0.202 e. The zero-order valence-corrected chi connectivity index (χ0v) is 5.46. The van der Waals surface area contributed by atoms with Crippen LogP contribution in [-0.2, 0) is 6.61 Å². The molecule has 1 aromatic heterocycles. The second-order valence-corrected chi connectivity index (χ2v) is 1.94. The van der Waals surface area contributed by atoms with Crippen molar-refractivity contribution in [3.63, 3.8) is 0 Å². The topological polar surface area (TPSA) is 73.8 Å². The number of hydrogen-bond donors (Lipinski definition) is 3. The van der Waals surface area contributed by atoms with E-state index in [1.807, 2.05) is 0 Å². The van der Waals surface area contributed by atoms with E-state index in [9.17, 15) is 0 Å². The first-order valence-electron chi connectivity index (χ1n) is 2.78. The average Bonchev–Trinajstić information content (AvgIpc) is 2.17. The lowest BCUT2D eigenvalue weighted by Gasteiger charge is -1.87. The van der Waals surface area contributed by atoms with Gasteiger partial charge in [-0.25, -0.2) is 0 Å². The van der Waals surface area contributed by atoms with E-state index >= 15 is 0 Å². The van der Waals surface area contributed by atoms with Crippen molar-refractivity contribution < 1.29 is 19.7 Å². The standard InChI is InChI=1S/C6H8O4/c1-3-5(8)6(9)4(2-7)10-3/h7-9H,2H2,1H3. The summed E-state index contributed by atoms with van der Waals surface area (Å²) in [5.74, 6) is -0.472. The number of rotatable bonds is 1. The van der Waals surface area contributed by atoms with Crippen molar-refractivity contribution >= 4 is 0 Å². The Hall–Kier alpha value is -1.16. The molecule has 0 atom stereocenters. The molecule has 1 rings (SSSR count). The number of aryl methyl sites for hydroxylation is 1. The summed E-state index contributed by atoms with van der Waals surface area (Å²) in [6.07, 6.45) is 0. The molecule has 0 fully saturated rings. The summed E-state index contributed by atoms with van der Waals surface area (Å²) < 4.78 is 4.74. The highest BCUT2D eigenvalue weighted by molar-refractivity contribution is 5.42. The van der Waals surface area contributed by atoms with Gasteiger partial charge < -0.3 is 19.7 Å². The van der Waals surface area contributed by atoms with Crippen LogP contribution in [0, 0.1) is 6.92 Å². The van der Waals surface area contributed by atoms with Crippen molar-refractivity contribution in [2.75, 3.05) is 0 Å². The van der Waals surface area contributed by atoms with Gasteiger partial charge in [0.05, 0.1) is 0 Å². The molecule has 56 valence electrons. The summed E-state index contributed by atoms with van der Waals surface area (Å²) in [5, 5.41) is 26.3. The largest absolute Gasteiger partial charge is 0.502 e. The molecule has 0 saturated heterocycles. The molecule has 1 aromatic rings. The van der Waals surface area contributed by atoms with E-state index in [0.29, 0.717) is 0 Å². The lowest BCUT2D eigenvalue weighted by Crippen LogP contribution is -1.75. The van der Waals surface area contributed by atoms with Crippen LogP contribution in [0.15, 0.2) is 4.42 Å². The Morgan fingerprint density at radius 2 is 1.90 bits per heavy atom. The first-order valence-corrected chi connectivity index (χ1v) is 2.78. The fourth-order valence-corrected chi connectivity index (χ4v) is 0.687. The molecule has 0 aliphatic carbocycles. The van der Waals surface area contributed by atoms with Crippen molar-refractivity contribution in [3.8, 4) is 11.5 Å². The second-order valence-electron chi connectivity index (χ2n) is 1.94. The lowest BCUT2D eigenvalue weighted by atomic mass is 10.4. The van der Waals surface area contributed by atoms with Crippen molar-refractivity contribution in [2.24, 2.45) is 0 Å². The quantitative estimate of drug-likeness (QED) is 0.536. The maximum atomic E-state index is 8.91. The van der Waals surface area contributed by atoms with Crippen LogP contribution in [0.3, 0.4) is 0 Å². The predicted octanol–water partition coefficient (Wildman–Crippen LogP) is 0.492. The third kappa shape index (κ3) is 0.823. The van der Waals surface area contributed by atoms with Crippen LogP contribution in [0.2, 0.25) is 0 Å². The van der Waals surface area contributed by atoms with Gasteiger partial charge >= 0.3 is 0 Å². The molecule has 4 nitrogen and oxygen atoms in total. The van der Waals surface area contributed by atoms with E-state index in [1.54, 1.807) is 0 Å². The van der Waals surface area contributed by atoms with Crippen LogP contribution < -0.4 is 0 Å². The van der Waals surface area contributed by atoms with Crippen molar-refractivity contribution in [1.29, 1.82) is 0 Å². The molecule has 0 radical (unpaired) electrons.